The molecular formula is C26H28N2O6. The van der Waals surface area contributed by atoms with Gasteiger partial charge in [-0.25, -0.2) is 0 Å². The Bertz CT molecular complexity index is 1330. The lowest BCUT2D eigenvalue weighted by Gasteiger charge is -2.38. The van der Waals surface area contributed by atoms with Crippen LogP contribution in [0.25, 0.3) is 10.9 Å². The second-order valence-corrected chi connectivity index (χ2v) is 8.71. The molecule has 0 radical (unpaired) electrons. The summed E-state index contributed by atoms with van der Waals surface area (Å²) in [5.74, 6) is 2.42. The smallest absolute Gasteiger partial charge is 0.254 e. The number of methoxy groups -OCH3 is 4. The van der Waals surface area contributed by atoms with Crippen molar-refractivity contribution in [2.75, 3.05) is 35.0 Å². The van der Waals surface area contributed by atoms with Gasteiger partial charge >= 0.3 is 0 Å². The highest BCUT2D eigenvalue weighted by Crippen LogP contribution is 2.43. The average Bonchev–Trinajstić information content (AvgIpc) is 3.71. The third-order valence-electron chi connectivity index (χ3n) is 6.76. The van der Waals surface area contributed by atoms with Crippen molar-refractivity contribution in [2.45, 2.75) is 25.3 Å². The summed E-state index contributed by atoms with van der Waals surface area (Å²) in [6, 6.07) is 8.73. The second kappa shape index (κ2) is 8.59. The summed E-state index contributed by atoms with van der Waals surface area (Å²) < 4.78 is 21.9. The highest BCUT2D eigenvalue weighted by Gasteiger charge is 2.41. The van der Waals surface area contributed by atoms with Crippen molar-refractivity contribution < 1.29 is 23.7 Å². The Kier molecular flexibility index (Phi) is 5.59. The largest absolute Gasteiger partial charge is 0.493 e. The van der Waals surface area contributed by atoms with Crippen molar-refractivity contribution >= 4 is 16.8 Å². The number of aromatic amines is 1. The molecule has 0 unspecified atom stereocenters. The van der Waals surface area contributed by atoms with E-state index < -0.39 is 6.04 Å². The molecule has 2 aromatic carbocycles. The maximum atomic E-state index is 13.4. The number of nitrogens with one attached hydrogen (secondary N) is 1. The molecule has 1 saturated carbocycles. The SMILES string of the molecule is COc1cc2c(cc1OC)[C@@H](c1cc3cc(OC)c(OC)cc3[nH]c1=O)N(C(=O)C1CC1)CC2. The van der Waals surface area contributed by atoms with Crippen LogP contribution >= 0.6 is 0 Å². The lowest BCUT2D eigenvalue weighted by atomic mass is 9.87. The van der Waals surface area contributed by atoms with E-state index in [0.29, 0.717) is 47.0 Å². The van der Waals surface area contributed by atoms with E-state index in [0.717, 1.165) is 29.4 Å². The van der Waals surface area contributed by atoms with Gasteiger partial charge in [0.1, 0.15) is 0 Å². The van der Waals surface area contributed by atoms with Gasteiger partial charge in [0, 0.05) is 29.5 Å². The first kappa shape index (κ1) is 22.1. The third kappa shape index (κ3) is 3.63. The van der Waals surface area contributed by atoms with Gasteiger partial charge in [-0.3, -0.25) is 9.59 Å². The molecule has 34 heavy (non-hydrogen) atoms. The van der Waals surface area contributed by atoms with Crippen LogP contribution in [0.1, 0.15) is 35.6 Å². The van der Waals surface area contributed by atoms with Crippen LogP contribution in [0.15, 0.2) is 35.1 Å². The summed E-state index contributed by atoms with van der Waals surface area (Å²) in [5.41, 5.74) is 2.80. The minimum absolute atomic E-state index is 0.0353. The number of H-pyrrole nitrogens is 1. The Balaban J connectivity index is 1.72. The number of nitrogens with zero attached hydrogens (tertiary/aromatic N) is 1. The maximum Gasteiger partial charge on any atom is 0.254 e. The van der Waals surface area contributed by atoms with Crippen LogP contribution in [0.5, 0.6) is 23.0 Å². The Hall–Kier alpha value is -3.68. The fourth-order valence-corrected chi connectivity index (χ4v) is 4.84. The molecule has 1 fully saturated rings. The van der Waals surface area contributed by atoms with E-state index in [-0.39, 0.29) is 17.4 Å². The molecule has 178 valence electrons. The number of ether oxygens (including phenoxy) is 4. The number of carbonyl (C=O) groups excluding carboxylic acids is 1. The Morgan fingerprint density at radius 2 is 1.47 bits per heavy atom. The fraction of sp³-hybridized carbons (Fsp3) is 0.385. The Labute approximate surface area is 197 Å². The van der Waals surface area contributed by atoms with Crippen molar-refractivity contribution in [1.29, 1.82) is 0 Å². The lowest BCUT2D eigenvalue weighted by Crippen LogP contribution is -2.43. The van der Waals surface area contributed by atoms with Crippen molar-refractivity contribution in [3.05, 3.63) is 57.4 Å². The van der Waals surface area contributed by atoms with Gasteiger partial charge in [-0.15, -0.1) is 0 Å². The Morgan fingerprint density at radius 3 is 2.12 bits per heavy atom. The van der Waals surface area contributed by atoms with Gasteiger partial charge in [0.05, 0.1) is 40.0 Å². The van der Waals surface area contributed by atoms with Crippen molar-refractivity contribution in [1.82, 2.24) is 9.88 Å². The molecule has 1 N–H and O–H groups in total. The summed E-state index contributed by atoms with van der Waals surface area (Å²) in [7, 11) is 6.31. The minimum atomic E-state index is -0.530. The molecule has 0 bridgehead atoms. The van der Waals surface area contributed by atoms with E-state index in [9.17, 15) is 9.59 Å². The molecule has 1 aliphatic heterocycles. The van der Waals surface area contributed by atoms with Crippen LogP contribution in [0, 0.1) is 5.92 Å². The van der Waals surface area contributed by atoms with E-state index >= 15 is 0 Å². The first-order valence-electron chi connectivity index (χ1n) is 11.3. The minimum Gasteiger partial charge on any atom is -0.493 e. The van der Waals surface area contributed by atoms with Gasteiger partial charge in [-0.2, -0.15) is 0 Å². The zero-order chi connectivity index (χ0) is 24.0. The van der Waals surface area contributed by atoms with E-state index in [1.165, 1.54) is 0 Å². The van der Waals surface area contributed by atoms with Crippen LogP contribution < -0.4 is 24.5 Å². The molecule has 8 nitrogen and oxygen atoms in total. The second-order valence-electron chi connectivity index (χ2n) is 8.71. The topological polar surface area (TPSA) is 90.1 Å². The number of carbonyl (C=O) groups is 1. The molecule has 1 amide bonds. The summed E-state index contributed by atoms with van der Waals surface area (Å²) in [6.07, 6.45) is 2.47. The average molecular weight is 465 g/mol. The zero-order valence-electron chi connectivity index (χ0n) is 19.8. The van der Waals surface area contributed by atoms with Crippen molar-refractivity contribution in [3.8, 4) is 23.0 Å². The predicted octanol–water partition coefficient (Wildman–Crippen LogP) is 3.45. The first-order valence-corrected chi connectivity index (χ1v) is 11.3. The number of aromatic nitrogens is 1. The van der Waals surface area contributed by atoms with Gasteiger partial charge in [0.25, 0.3) is 5.56 Å². The van der Waals surface area contributed by atoms with E-state index in [1.807, 2.05) is 29.2 Å². The normalized spacial score (nSPS) is 17.3. The van der Waals surface area contributed by atoms with Gasteiger partial charge in [0.15, 0.2) is 23.0 Å². The van der Waals surface area contributed by atoms with E-state index in [4.69, 9.17) is 18.9 Å². The molecule has 3 aromatic rings. The molecule has 5 rings (SSSR count). The highest BCUT2D eigenvalue weighted by atomic mass is 16.5. The summed E-state index contributed by atoms with van der Waals surface area (Å²) in [5, 5.41) is 0.790. The highest BCUT2D eigenvalue weighted by molar-refractivity contribution is 5.85. The number of hydrogen-bond donors (Lipinski definition) is 1. The molecule has 2 heterocycles. The molecule has 1 atom stereocenters. The molecular weight excluding hydrogens is 436 g/mol. The Morgan fingerprint density at radius 1 is 0.853 bits per heavy atom. The number of hydrogen-bond acceptors (Lipinski definition) is 6. The van der Waals surface area contributed by atoms with Crippen LogP contribution in [-0.2, 0) is 11.2 Å². The summed E-state index contributed by atoms with van der Waals surface area (Å²) in [4.78, 5) is 31.6. The lowest BCUT2D eigenvalue weighted by molar-refractivity contribution is -0.134. The van der Waals surface area contributed by atoms with Crippen molar-refractivity contribution in [3.63, 3.8) is 0 Å². The van der Waals surface area contributed by atoms with E-state index in [1.54, 1.807) is 34.5 Å². The predicted molar refractivity (Wildman–Crippen MR) is 127 cm³/mol. The fourth-order valence-electron chi connectivity index (χ4n) is 4.84. The number of pyridine rings is 1. The number of fused-ring (bicyclic) bond motifs is 2. The first-order chi connectivity index (χ1) is 16.5. The molecule has 0 spiro atoms. The standard InChI is InChI=1S/C26H28N2O6/c1-31-20-10-15-7-8-28(26(30)14-5-6-14)24(17(15)12-22(20)33-3)18-9-16-11-21(32-2)23(34-4)13-19(16)27-25(18)29/h9-14,24H,5-8H2,1-4H3,(H,27,29)/t24-/m0/s1. The number of rotatable bonds is 6. The molecule has 0 saturated heterocycles. The van der Waals surface area contributed by atoms with Gasteiger partial charge in [-0.05, 0) is 54.7 Å². The molecule has 2 aliphatic rings. The monoisotopic (exact) mass is 464 g/mol. The quantitative estimate of drug-likeness (QED) is 0.601. The van der Waals surface area contributed by atoms with Gasteiger partial charge in [0.2, 0.25) is 5.91 Å². The van der Waals surface area contributed by atoms with Crippen LogP contribution in [0.4, 0.5) is 0 Å². The molecule has 1 aliphatic carbocycles. The molecule has 1 aromatic heterocycles. The molecule has 8 heteroatoms. The van der Waals surface area contributed by atoms with Gasteiger partial charge in [-0.1, -0.05) is 0 Å². The van der Waals surface area contributed by atoms with Crippen LogP contribution in [0.2, 0.25) is 0 Å². The summed E-state index contributed by atoms with van der Waals surface area (Å²) in [6.45, 7) is 0.534. The van der Waals surface area contributed by atoms with Crippen molar-refractivity contribution in [2.24, 2.45) is 5.92 Å². The summed E-state index contributed by atoms with van der Waals surface area (Å²) >= 11 is 0. The van der Waals surface area contributed by atoms with Crippen LogP contribution in [0.3, 0.4) is 0 Å². The third-order valence-corrected chi connectivity index (χ3v) is 6.76. The number of amides is 1. The zero-order valence-corrected chi connectivity index (χ0v) is 19.8. The number of benzene rings is 2. The van der Waals surface area contributed by atoms with E-state index in [2.05, 4.69) is 4.98 Å². The maximum absolute atomic E-state index is 13.4. The van der Waals surface area contributed by atoms with Crippen LogP contribution in [-0.4, -0.2) is 50.8 Å². The van der Waals surface area contributed by atoms with Gasteiger partial charge < -0.3 is 28.8 Å².